The van der Waals surface area contributed by atoms with Gasteiger partial charge >= 0.3 is 13.2 Å². The first kappa shape index (κ1) is 24.4. The fraction of sp³-hybridized carbons (Fsp3) is 0.630. The topological polar surface area (TPSA) is 76.7 Å². The van der Waals surface area contributed by atoms with E-state index in [-0.39, 0.29) is 36.5 Å². The maximum Gasteiger partial charge on any atom is 0.494 e. The summed E-state index contributed by atoms with van der Waals surface area (Å²) in [5.74, 6) is 1.24. The van der Waals surface area contributed by atoms with Gasteiger partial charge in [0.25, 0.3) is 0 Å². The number of piperidine rings is 2. The van der Waals surface area contributed by atoms with E-state index in [0.717, 1.165) is 48.2 Å². The molecule has 1 aromatic carbocycles. The number of aromatic nitrogens is 2. The van der Waals surface area contributed by atoms with Gasteiger partial charge < -0.3 is 19.0 Å². The second kappa shape index (κ2) is 8.37. The van der Waals surface area contributed by atoms with Crippen molar-refractivity contribution in [3.8, 4) is 11.3 Å². The minimum Gasteiger partial charge on any atom is -0.444 e. The highest BCUT2D eigenvalue weighted by atomic mass is 16.7. The second-order valence-corrected chi connectivity index (χ2v) is 12.3. The molecule has 0 radical (unpaired) electrons. The normalized spacial score (nSPS) is 27.3. The van der Waals surface area contributed by atoms with Crippen molar-refractivity contribution in [2.75, 3.05) is 0 Å². The molecule has 4 fully saturated rings. The van der Waals surface area contributed by atoms with Crippen molar-refractivity contribution < 1.29 is 18.8 Å². The predicted octanol–water partition coefficient (Wildman–Crippen LogP) is 5.23. The van der Waals surface area contributed by atoms with Crippen molar-refractivity contribution in [3.63, 3.8) is 0 Å². The maximum absolute atomic E-state index is 13.2. The standard InChI is InChI=1S/C27H38BN3O4/c1-25(2,3)33-24(32)31-20-14-10-18(11-15-20)22(31)23-29-16-21(30-23)17-8-12-19(13-9-17)28-34-26(4,5)27(6,7)35-28/h8-9,12-13,16,18,20,22H,10-11,14-15H2,1-7H3,(H,29,30)/t18?,20?,22-/m0/s1. The summed E-state index contributed by atoms with van der Waals surface area (Å²) in [6.07, 6.45) is 5.94. The molecule has 8 heteroatoms. The van der Waals surface area contributed by atoms with Crippen LogP contribution in [0.25, 0.3) is 11.3 Å². The minimum absolute atomic E-state index is 0.0740. The number of hydrogen-bond donors (Lipinski definition) is 1. The smallest absolute Gasteiger partial charge is 0.444 e. The zero-order valence-electron chi connectivity index (χ0n) is 22.1. The lowest BCUT2D eigenvalue weighted by atomic mass is 9.74. The Kier molecular flexibility index (Phi) is 5.83. The molecule has 6 rings (SSSR count). The van der Waals surface area contributed by atoms with E-state index in [1.54, 1.807) is 0 Å². The molecule has 3 aliphatic heterocycles. The summed E-state index contributed by atoms with van der Waals surface area (Å²) in [6, 6.07) is 8.37. The highest BCUT2D eigenvalue weighted by Crippen LogP contribution is 2.47. The summed E-state index contributed by atoms with van der Waals surface area (Å²) >= 11 is 0. The summed E-state index contributed by atoms with van der Waals surface area (Å²) in [4.78, 5) is 23.4. The van der Waals surface area contributed by atoms with Gasteiger partial charge in [0.2, 0.25) is 0 Å². The molecule has 1 aliphatic carbocycles. The van der Waals surface area contributed by atoms with Crippen molar-refractivity contribution in [2.45, 2.75) is 103 Å². The van der Waals surface area contributed by atoms with Gasteiger partial charge in [-0.15, -0.1) is 0 Å². The molecular weight excluding hydrogens is 441 g/mol. The van der Waals surface area contributed by atoms with Crippen LogP contribution in [0.1, 0.15) is 86.0 Å². The third kappa shape index (κ3) is 4.51. The Hall–Kier alpha value is -2.32. The number of imidazole rings is 1. The first-order chi connectivity index (χ1) is 16.3. The van der Waals surface area contributed by atoms with Crippen molar-refractivity contribution in [1.82, 2.24) is 14.9 Å². The minimum atomic E-state index is -0.522. The molecular formula is C27H38BN3O4. The fourth-order valence-corrected chi connectivity index (χ4v) is 5.51. The van der Waals surface area contributed by atoms with Gasteiger partial charge in [-0.3, -0.25) is 4.90 Å². The van der Waals surface area contributed by atoms with Crippen molar-refractivity contribution in [1.29, 1.82) is 0 Å². The van der Waals surface area contributed by atoms with Crippen LogP contribution in [0.5, 0.6) is 0 Å². The Morgan fingerprint density at radius 1 is 1.06 bits per heavy atom. The lowest BCUT2D eigenvalue weighted by Gasteiger charge is -2.50. The van der Waals surface area contributed by atoms with E-state index < -0.39 is 5.60 Å². The first-order valence-corrected chi connectivity index (χ1v) is 12.9. The zero-order valence-corrected chi connectivity index (χ0v) is 22.1. The molecule has 1 atom stereocenters. The van der Waals surface area contributed by atoms with Gasteiger partial charge in [-0.2, -0.15) is 0 Å². The number of benzene rings is 1. The van der Waals surface area contributed by atoms with Crippen LogP contribution in [-0.4, -0.2) is 50.9 Å². The highest BCUT2D eigenvalue weighted by Gasteiger charge is 2.52. The number of carbonyl (C=O) groups is 1. The monoisotopic (exact) mass is 479 g/mol. The van der Waals surface area contributed by atoms with E-state index in [0.29, 0.717) is 5.92 Å². The number of H-pyrrole nitrogens is 1. The number of amides is 1. The number of rotatable bonds is 3. The zero-order chi connectivity index (χ0) is 25.2. The summed E-state index contributed by atoms with van der Waals surface area (Å²) in [5.41, 5.74) is 1.71. The van der Waals surface area contributed by atoms with E-state index in [1.165, 1.54) is 0 Å². The van der Waals surface area contributed by atoms with Crippen LogP contribution in [0.3, 0.4) is 0 Å². The number of hydrogen-bond acceptors (Lipinski definition) is 5. The Bertz CT molecular complexity index is 1060. The number of aromatic amines is 1. The molecule has 7 nitrogen and oxygen atoms in total. The van der Waals surface area contributed by atoms with Crippen LogP contribution in [0.4, 0.5) is 4.79 Å². The third-order valence-corrected chi connectivity index (χ3v) is 8.11. The van der Waals surface area contributed by atoms with Crippen molar-refractivity contribution >= 4 is 18.7 Å². The average Bonchev–Trinajstić information content (AvgIpc) is 3.35. The number of nitrogens with one attached hydrogen (secondary N) is 1. The van der Waals surface area contributed by atoms with Crippen LogP contribution in [0, 0.1) is 5.92 Å². The SMILES string of the molecule is CC(C)(C)OC(=O)N1C2CCC(CC2)[C@H]1c1ncc(-c2ccc(B3OC(C)(C)C(C)(C)O3)cc2)[nH]1. The maximum atomic E-state index is 13.2. The Morgan fingerprint density at radius 3 is 2.23 bits per heavy atom. The fourth-order valence-electron chi connectivity index (χ4n) is 5.51. The van der Waals surface area contributed by atoms with Crippen molar-refractivity contribution in [3.05, 3.63) is 36.3 Å². The molecule has 188 valence electrons. The number of ether oxygens (including phenoxy) is 1. The van der Waals surface area contributed by atoms with Crippen molar-refractivity contribution in [2.24, 2.45) is 5.92 Å². The lowest BCUT2D eigenvalue weighted by Crippen LogP contribution is -2.54. The summed E-state index contributed by atoms with van der Waals surface area (Å²) in [7, 11) is -0.383. The van der Waals surface area contributed by atoms with Crippen LogP contribution in [0.2, 0.25) is 0 Å². The second-order valence-electron chi connectivity index (χ2n) is 12.3. The van der Waals surface area contributed by atoms with E-state index in [9.17, 15) is 4.79 Å². The van der Waals surface area contributed by atoms with Gasteiger partial charge in [-0.25, -0.2) is 9.78 Å². The van der Waals surface area contributed by atoms with Crippen LogP contribution >= 0.6 is 0 Å². The van der Waals surface area contributed by atoms with E-state index in [2.05, 4.69) is 44.8 Å². The Morgan fingerprint density at radius 2 is 1.66 bits per heavy atom. The third-order valence-electron chi connectivity index (χ3n) is 8.11. The Balaban J connectivity index is 1.36. The van der Waals surface area contributed by atoms with Crippen LogP contribution in [-0.2, 0) is 14.0 Å². The summed E-state index contributed by atoms with van der Waals surface area (Å²) < 4.78 is 18.2. The molecule has 2 bridgehead atoms. The van der Waals surface area contributed by atoms with Gasteiger partial charge in [0.05, 0.1) is 29.1 Å². The van der Waals surface area contributed by atoms with Gasteiger partial charge in [-0.1, -0.05) is 24.3 Å². The molecule has 0 unspecified atom stereocenters. The van der Waals surface area contributed by atoms with Crippen LogP contribution < -0.4 is 5.46 Å². The molecule has 3 saturated heterocycles. The Labute approximate surface area is 209 Å². The molecule has 1 saturated carbocycles. The first-order valence-electron chi connectivity index (χ1n) is 12.9. The van der Waals surface area contributed by atoms with E-state index >= 15 is 0 Å². The molecule has 1 amide bonds. The highest BCUT2D eigenvalue weighted by molar-refractivity contribution is 6.62. The van der Waals surface area contributed by atoms with E-state index in [1.807, 2.05) is 44.0 Å². The molecule has 1 N–H and O–H groups in total. The quantitative estimate of drug-likeness (QED) is 0.611. The summed E-state index contributed by atoms with van der Waals surface area (Å²) in [6.45, 7) is 14.0. The average molecular weight is 479 g/mol. The van der Waals surface area contributed by atoms with Gasteiger partial charge in [0.1, 0.15) is 11.4 Å². The number of carbonyl (C=O) groups excluding carboxylic acids is 1. The largest absolute Gasteiger partial charge is 0.494 e. The molecule has 4 aliphatic rings. The number of nitrogens with zero attached hydrogens (tertiary/aromatic N) is 2. The molecule has 35 heavy (non-hydrogen) atoms. The van der Waals surface area contributed by atoms with Gasteiger partial charge in [0, 0.05) is 6.04 Å². The number of fused-ring (bicyclic) bond motifs is 3. The predicted molar refractivity (Wildman–Crippen MR) is 136 cm³/mol. The molecule has 2 aromatic rings. The van der Waals surface area contributed by atoms with Crippen LogP contribution in [0.15, 0.2) is 30.5 Å². The lowest BCUT2D eigenvalue weighted by molar-refractivity contribution is -0.0439. The summed E-state index contributed by atoms with van der Waals surface area (Å²) in [5, 5.41) is 0. The molecule has 0 spiro atoms. The molecule has 1 aromatic heterocycles. The van der Waals surface area contributed by atoms with Gasteiger partial charge in [0.15, 0.2) is 0 Å². The van der Waals surface area contributed by atoms with E-state index in [4.69, 9.17) is 19.0 Å². The molecule has 4 heterocycles. The van der Waals surface area contributed by atoms with Gasteiger partial charge in [-0.05, 0) is 91.1 Å².